The molecule has 0 atom stereocenters. The van der Waals surface area contributed by atoms with Gasteiger partial charge in [0.25, 0.3) is 15.9 Å². The van der Waals surface area contributed by atoms with Gasteiger partial charge in [0.15, 0.2) is 0 Å². The lowest BCUT2D eigenvalue weighted by Crippen LogP contribution is -2.23. The number of aryl methyl sites for hydroxylation is 1. The maximum atomic E-state index is 12.4. The van der Waals surface area contributed by atoms with Gasteiger partial charge in [0, 0.05) is 12.1 Å². The Morgan fingerprint density at radius 2 is 1.64 bits per heavy atom. The third kappa shape index (κ3) is 4.71. The molecule has 0 aromatic heterocycles. The Morgan fingerprint density at radius 1 is 0.964 bits per heavy atom. The van der Waals surface area contributed by atoms with Gasteiger partial charge >= 0.3 is 0 Å². The summed E-state index contributed by atoms with van der Waals surface area (Å²) >= 11 is 6.20. The molecule has 0 radical (unpaired) electrons. The van der Waals surface area contributed by atoms with Gasteiger partial charge in [-0.1, -0.05) is 54.1 Å². The van der Waals surface area contributed by atoms with Gasteiger partial charge in [-0.3, -0.25) is 9.52 Å². The Morgan fingerprint density at radius 3 is 2.32 bits per heavy atom. The smallest absolute Gasteiger partial charge is 0.261 e. The molecule has 1 amide bonds. The second kappa shape index (κ2) is 8.46. The van der Waals surface area contributed by atoms with Crippen molar-refractivity contribution in [3.05, 3.63) is 94.5 Å². The third-order valence-electron chi connectivity index (χ3n) is 4.23. The normalized spacial score (nSPS) is 11.1. The zero-order valence-corrected chi connectivity index (χ0v) is 16.7. The highest BCUT2D eigenvalue weighted by Crippen LogP contribution is 2.26. The number of rotatable bonds is 6. The van der Waals surface area contributed by atoms with Crippen LogP contribution in [0.2, 0.25) is 5.02 Å². The Bertz CT molecular complexity index is 1100. The van der Waals surface area contributed by atoms with Crippen molar-refractivity contribution in [2.75, 3.05) is 4.72 Å². The number of halogens is 1. The molecule has 0 aliphatic carbocycles. The topological polar surface area (TPSA) is 75.3 Å². The molecule has 0 saturated heterocycles. The van der Waals surface area contributed by atoms with Crippen LogP contribution >= 0.6 is 11.6 Å². The fourth-order valence-electron chi connectivity index (χ4n) is 2.63. The van der Waals surface area contributed by atoms with Gasteiger partial charge < -0.3 is 5.32 Å². The van der Waals surface area contributed by atoms with Crippen molar-refractivity contribution in [2.24, 2.45) is 0 Å². The van der Waals surface area contributed by atoms with E-state index in [1.807, 2.05) is 31.2 Å². The third-order valence-corrected chi connectivity index (χ3v) is 5.92. The second-order valence-corrected chi connectivity index (χ2v) is 8.31. The molecule has 0 saturated carbocycles. The molecule has 0 heterocycles. The van der Waals surface area contributed by atoms with Crippen molar-refractivity contribution in [3.63, 3.8) is 0 Å². The lowest BCUT2D eigenvalue weighted by molar-refractivity contribution is 0.0951. The molecule has 5 nitrogen and oxygen atoms in total. The molecule has 2 N–H and O–H groups in total. The standard InChI is InChI=1S/C21H19ClN2O3S/c1-15-7-5-6-8-17(15)14-23-21(25)16-11-12-20(19(22)13-16)24-28(26,27)18-9-3-2-4-10-18/h2-13,24H,14H2,1H3,(H,23,25). The van der Waals surface area contributed by atoms with Crippen LogP contribution in [0.5, 0.6) is 0 Å². The number of anilines is 1. The van der Waals surface area contributed by atoms with Crippen LogP contribution in [0, 0.1) is 6.92 Å². The van der Waals surface area contributed by atoms with Crippen molar-refractivity contribution in [2.45, 2.75) is 18.4 Å². The van der Waals surface area contributed by atoms with Crippen LogP contribution < -0.4 is 10.0 Å². The van der Waals surface area contributed by atoms with Gasteiger partial charge in [0.1, 0.15) is 0 Å². The number of benzene rings is 3. The molecular formula is C21H19ClN2O3S. The summed E-state index contributed by atoms with van der Waals surface area (Å²) in [6, 6.07) is 20.2. The maximum Gasteiger partial charge on any atom is 0.261 e. The van der Waals surface area contributed by atoms with E-state index in [0.29, 0.717) is 12.1 Å². The van der Waals surface area contributed by atoms with Crippen molar-refractivity contribution < 1.29 is 13.2 Å². The molecule has 3 rings (SSSR count). The average Bonchev–Trinajstić information content (AvgIpc) is 2.69. The van der Waals surface area contributed by atoms with E-state index < -0.39 is 10.0 Å². The largest absolute Gasteiger partial charge is 0.348 e. The number of carbonyl (C=O) groups excluding carboxylic acids is 1. The Kier molecular flexibility index (Phi) is 6.02. The predicted molar refractivity (Wildman–Crippen MR) is 111 cm³/mol. The molecule has 3 aromatic rings. The van der Waals surface area contributed by atoms with Gasteiger partial charge in [0.2, 0.25) is 0 Å². The minimum absolute atomic E-state index is 0.131. The zero-order valence-electron chi connectivity index (χ0n) is 15.1. The zero-order chi connectivity index (χ0) is 20.1. The van der Waals surface area contributed by atoms with E-state index >= 15 is 0 Å². The number of nitrogens with one attached hydrogen (secondary N) is 2. The summed E-state index contributed by atoms with van der Waals surface area (Å²) in [5, 5.41) is 2.98. The molecule has 0 aliphatic rings. The Balaban J connectivity index is 1.71. The quantitative estimate of drug-likeness (QED) is 0.628. The van der Waals surface area contributed by atoms with Crippen LogP contribution in [0.1, 0.15) is 21.5 Å². The summed E-state index contributed by atoms with van der Waals surface area (Å²) in [5.74, 6) is -0.289. The summed E-state index contributed by atoms with van der Waals surface area (Å²) < 4.78 is 27.3. The molecule has 144 valence electrons. The lowest BCUT2D eigenvalue weighted by atomic mass is 10.1. The summed E-state index contributed by atoms with van der Waals surface area (Å²) in [5.41, 5.74) is 2.67. The Labute approximate surface area is 169 Å². The molecule has 0 bridgehead atoms. The van der Waals surface area contributed by atoms with Crippen LogP contribution in [0.25, 0.3) is 0 Å². The fraction of sp³-hybridized carbons (Fsp3) is 0.0952. The second-order valence-electron chi connectivity index (χ2n) is 6.22. The monoisotopic (exact) mass is 414 g/mol. The highest BCUT2D eigenvalue weighted by molar-refractivity contribution is 7.92. The first-order chi connectivity index (χ1) is 13.4. The maximum absolute atomic E-state index is 12.4. The van der Waals surface area contributed by atoms with Crippen molar-refractivity contribution in [1.29, 1.82) is 0 Å². The van der Waals surface area contributed by atoms with E-state index in [1.165, 1.54) is 30.3 Å². The van der Waals surface area contributed by atoms with Crippen LogP contribution in [0.4, 0.5) is 5.69 Å². The number of amides is 1. The minimum Gasteiger partial charge on any atom is -0.348 e. The van der Waals surface area contributed by atoms with Crippen LogP contribution in [0.15, 0.2) is 77.7 Å². The van der Waals surface area contributed by atoms with E-state index in [1.54, 1.807) is 18.2 Å². The number of sulfonamides is 1. The van der Waals surface area contributed by atoms with Crippen LogP contribution in [-0.2, 0) is 16.6 Å². The van der Waals surface area contributed by atoms with Gasteiger partial charge in [-0.15, -0.1) is 0 Å². The molecule has 3 aromatic carbocycles. The van der Waals surface area contributed by atoms with Crippen molar-refractivity contribution >= 4 is 33.2 Å². The molecule has 7 heteroatoms. The first-order valence-corrected chi connectivity index (χ1v) is 10.4. The average molecular weight is 415 g/mol. The minimum atomic E-state index is -3.75. The summed E-state index contributed by atoms with van der Waals surface area (Å²) in [6.07, 6.45) is 0. The van der Waals surface area contributed by atoms with E-state index in [0.717, 1.165) is 11.1 Å². The fourth-order valence-corrected chi connectivity index (χ4v) is 4.01. The van der Waals surface area contributed by atoms with E-state index in [9.17, 15) is 13.2 Å². The van der Waals surface area contributed by atoms with Crippen LogP contribution in [0.3, 0.4) is 0 Å². The number of hydrogen-bond acceptors (Lipinski definition) is 3. The van der Waals surface area contributed by atoms with E-state index in [2.05, 4.69) is 10.0 Å². The van der Waals surface area contributed by atoms with Crippen molar-refractivity contribution in [1.82, 2.24) is 5.32 Å². The summed E-state index contributed by atoms with van der Waals surface area (Å²) in [6.45, 7) is 2.37. The lowest BCUT2D eigenvalue weighted by Gasteiger charge is -2.12. The highest BCUT2D eigenvalue weighted by atomic mass is 35.5. The predicted octanol–water partition coefficient (Wildman–Crippen LogP) is 4.38. The van der Waals surface area contributed by atoms with Crippen LogP contribution in [-0.4, -0.2) is 14.3 Å². The van der Waals surface area contributed by atoms with Crippen molar-refractivity contribution in [3.8, 4) is 0 Å². The molecule has 0 fully saturated rings. The van der Waals surface area contributed by atoms with Gasteiger partial charge in [-0.2, -0.15) is 0 Å². The van der Waals surface area contributed by atoms with Gasteiger partial charge in [-0.05, 0) is 48.4 Å². The SMILES string of the molecule is Cc1ccccc1CNC(=O)c1ccc(NS(=O)(=O)c2ccccc2)c(Cl)c1. The molecule has 28 heavy (non-hydrogen) atoms. The van der Waals surface area contributed by atoms with Gasteiger partial charge in [-0.25, -0.2) is 8.42 Å². The molecule has 0 unspecified atom stereocenters. The molecule has 0 spiro atoms. The molecular weight excluding hydrogens is 396 g/mol. The number of carbonyl (C=O) groups is 1. The first kappa shape index (κ1) is 19.9. The number of hydrogen-bond donors (Lipinski definition) is 2. The van der Waals surface area contributed by atoms with E-state index in [4.69, 9.17) is 11.6 Å². The molecule has 0 aliphatic heterocycles. The first-order valence-electron chi connectivity index (χ1n) is 8.57. The summed E-state index contributed by atoms with van der Waals surface area (Å²) in [7, 11) is -3.75. The Hall–Kier alpha value is -2.83. The highest BCUT2D eigenvalue weighted by Gasteiger charge is 2.16. The van der Waals surface area contributed by atoms with E-state index in [-0.39, 0.29) is 21.5 Å². The van der Waals surface area contributed by atoms with Gasteiger partial charge in [0.05, 0.1) is 15.6 Å². The summed E-state index contributed by atoms with van der Waals surface area (Å²) in [4.78, 5) is 12.5.